The summed E-state index contributed by atoms with van der Waals surface area (Å²) >= 11 is 0. The summed E-state index contributed by atoms with van der Waals surface area (Å²) in [5.41, 5.74) is 1.38. The summed E-state index contributed by atoms with van der Waals surface area (Å²) in [4.78, 5) is 20.0. The second-order valence-electron chi connectivity index (χ2n) is 9.62. The molecule has 0 spiro atoms. The normalized spacial score (nSPS) is 29.6. The van der Waals surface area contributed by atoms with Crippen molar-refractivity contribution >= 4 is 5.91 Å². The smallest absolute Gasteiger partial charge is 0.222 e. The van der Waals surface area contributed by atoms with Crippen molar-refractivity contribution < 1.29 is 9.90 Å². The first-order valence-corrected chi connectivity index (χ1v) is 11.4. The number of aliphatic hydroxyl groups excluding tert-OH is 1. The Labute approximate surface area is 175 Å². The highest BCUT2D eigenvalue weighted by Gasteiger charge is 2.47. The maximum absolute atomic E-state index is 13.0. The lowest BCUT2D eigenvalue weighted by Gasteiger charge is -2.53. The van der Waals surface area contributed by atoms with Crippen molar-refractivity contribution in [1.29, 1.82) is 0 Å². The van der Waals surface area contributed by atoms with Crippen LogP contribution in [0.3, 0.4) is 0 Å². The largest absolute Gasteiger partial charge is 0.396 e. The maximum atomic E-state index is 13.0. The lowest BCUT2D eigenvalue weighted by Crippen LogP contribution is -2.62. The lowest BCUT2D eigenvalue weighted by atomic mass is 9.69. The molecule has 0 bridgehead atoms. The summed E-state index contributed by atoms with van der Waals surface area (Å²) in [5.74, 6) is 0.847. The summed E-state index contributed by atoms with van der Waals surface area (Å²) in [6, 6.07) is 11.0. The Bertz CT molecular complexity index is 674. The Kier molecular flexibility index (Phi) is 6.57. The van der Waals surface area contributed by atoms with Crippen molar-refractivity contribution in [3.05, 3.63) is 35.9 Å². The summed E-state index contributed by atoms with van der Waals surface area (Å²) in [6.07, 6.45) is 6.14. The fraction of sp³-hybridized carbons (Fsp3) is 0.708. The van der Waals surface area contributed by atoms with E-state index < -0.39 is 0 Å². The molecule has 1 aromatic carbocycles. The molecule has 29 heavy (non-hydrogen) atoms. The maximum Gasteiger partial charge on any atom is 0.222 e. The zero-order chi connectivity index (χ0) is 20.3. The summed E-state index contributed by atoms with van der Waals surface area (Å²) in [6.45, 7) is 6.14. The zero-order valence-corrected chi connectivity index (χ0v) is 17.9. The van der Waals surface area contributed by atoms with Gasteiger partial charge in [0.25, 0.3) is 0 Å². The molecule has 1 aromatic rings. The second kappa shape index (κ2) is 9.15. The number of fused-ring (bicyclic) bond motifs is 1. The van der Waals surface area contributed by atoms with Gasteiger partial charge in [-0.15, -0.1) is 0 Å². The van der Waals surface area contributed by atoms with Gasteiger partial charge in [0.05, 0.1) is 6.61 Å². The Morgan fingerprint density at radius 3 is 2.59 bits per heavy atom. The SMILES string of the molecule is CN1CCC[C@]2(CO)CCN(C(=O)CC3CCN(Cc4ccccc4)CC3)C[C@@H]12. The third-order valence-corrected chi connectivity index (χ3v) is 7.78. The molecule has 3 saturated heterocycles. The van der Waals surface area contributed by atoms with E-state index in [9.17, 15) is 9.90 Å². The van der Waals surface area contributed by atoms with Gasteiger partial charge in [-0.05, 0) is 70.3 Å². The molecule has 3 aliphatic rings. The molecule has 0 aromatic heterocycles. The second-order valence-corrected chi connectivity index (χ2v) is 9.62. The average Bonchev–Trinajstić information content (AvgIpc) is 2.76. The van der Waals surface area contributed by atoms with Crippen LogP contribution in [0.2, 0.25) is 0 Å². The molecule has 0 aliphatic carbocycles. The minimum absolute atomic E-state index is 0.00651. The predicted octanol–water partition coefficient (Wildman–Crippen LogP) is 2.59. The van der Waals surface area contributed by atoms with Gasteiger partial charge < -0.3 is 14.9 Å². The van der Waals surface area contributed by atoms with E-state index in [1.807, 2.05) is 0 Å². The summed E-state index contributed by atoms with van der Waals surface area (Å²) in [5, 5.41) is 10.1. The zero-order valence-electron chi connectivity index (χ0n) is 17.9. The molecule has 3 aliphatic heterocycles. The molecule has 0 unspecified atom stereocenters. The van der Waals surface area contributed by atoms with Crippen LogP contribution in [-0.4, -0.2) is 78.1 Å². The molecule has 1 N–H and O–H groups in total. The van der Waals surface area contributed by atoms with Crippen LogP contribution >= 0.6 is 0 Å². The number of piperidine rings is 3. The summed E-state index contributed by atoms with van der Waals surface area (Å²) in [7, 11) is 2.16. The highest BCUT2D eigenvalue weighted by Crippen LogP contribution is 2.41. The van der Waals surface area contributed by atoms with E-state index in [0.29, 0.717) is 24.3 Å². The van der Waals surface area contributed by atoms with Gasteiger partial charge in [0, 0.05) is 37.5 Å². The fourth-order valence-corrected chi connectivity index (χ4v) is 5.81. The first-order valence-electron chi connectivity index (χ1n) is 11.4. The number of amides is 1. The van der Waals surface area contributed by atoms with E-state index in [2.05, 4.69) is 52.1 Å². The number of carbonyl (C=O) groups excluding carboxylic acids is 1. The fourth-order valence-electron chi connectivity index (χ4n) is 5.81. The number of carbonyl (C=O) groups is 1. The van der Waals surface area contributed by atoms with Crippen molar-refractivity contribution in [2.24, 2.45) is 11.3 Å². The van der Waals surface area contributed by atoms with Crippen LogP contribution in [-0.2, 0) is 11.3 Å². The average molecular weight is 400 g/mol. The van der Waals surface area contributed by atoms with Crippen LogP contribution in [0, 0.1) is 11.3 Å². The van der Waals surface area contributed by atoms with Gasteiger partial charge in [0.15, 0.2) is 0 Å². The lowest BCUT2D eigenvalue weighted by molar-refractivity contribution is -0.141. The monoisotopic (exact) mass is 399 g/mol. The van der Waals surface area contributed by atoms with E-state index in [0.717, 1.165) is 71.4 Å². The van der Waals surface area contributed by atoms with Gasteiger partial charge in [-0.2, -0.15) is 0 Å². The molecular weight excluding hydrogens is 362 g/mol. The first kappa shape index (κ1) is 20.8. The highest BCUT2D eigenvalue weighted by atomic mass is 16.3. The number of likely N-dealkylation sites (tertiary alicyclic amines) is 3. The Morgan fingerprint density at radius 1 is 1.10 bits per heavy atom. The summed E-state index contributed by atoms with van der Waals surface area (Å²) < 4.78 is 0. The molecule has 0 saturated carbocycles. The highest BCUT2D eigenvalue weighted by molar-refractivity contribution is 5.76. The Morgan fingerprint density at radius 2 is 1.86 bits per heavy atom. The molecule has 5 heteroatoms. The van der Waals surface area contributed by atoms with Gasteiger partial charge in [-0.1, -0.05) is 30.3 Å². The molecule has 2 atom stereocenters. The molecule has 0 radical (unpaired) electrons. The van der Waals surface area contributed by atoms with Gasteiger partial charge >= 0.3 is 0 Å². The number of hydrogen-bond donors (Lipinski definition) is 1. The number of hydrogen-bond acceptors (Lipinski definition) is 4. The van der Waals surface area contributed by atoms with Crippen molar-refractivity contribution in [2.75, 3.05) is 46.4 Å². The number of aliphatic hydroxyl groups is 1. The van der Waals surface area contributed by atoms with Gasteiger partial charge in [-0.25, -0.2) is 0 Å². The van der Waals surface area contributed by atoms with Gasteiger partial charge in [0.1, 0.15) is 0 Å². The standard InChI is InChI=1S/C24H37N3O2/c1-25-12-5-10-24(19-28)11-15-27(18-22(24)25)23(29)16-20-8-13-26(14-9-20)17-21-6-3-2-4-7-21/h2-4,6-7,20,22,28H,5,8-19H2,1H3/t22-,24-/m1/s1. The van der Waals surface area contributed by atoms with Crippen molar-refractivity contribution in [3.8, 4) is 0 Å². The van der Waals surface area contributed by atoms with E-state index >= 15 is 0 Å². The molecule has 1 amide bonds. The molecule has 160 valence electrons. The first-order chi connectivity index (χ1) is 14.1. The molecule has 5 nitrogen and oxygen atoms in total. The van der Waals surface area contributed by atoms with Crippen molar-refractivity contribution in [2.45, 2.75) is 51.1 Å². The Balaban J connectivity index is 1.26. The number of rotatable bonds is 5. The van der Waals surface area contributed by atoms with Crippen LogP contribution in [0.25, 0.3) is 0 Å². The number of benzene rings is 1. The van der Waals surface area contributed by atoms with Crippen LogP contribution in [0.1, 0.15) is 44.1 Å². The van der Waals surface area contributed by atoms with Crippen LogP contribution in [0.4, 0.5) is 0 Å². The van der Waals surface area contributed by atoms with Crippen LogP contribution in [0.5, 0.6) is 0 Å². The Hall–Kier alpha value is -1.43. The molecular formula is C24H37N3O2. The topological polar surface area (TPSA) is 47.0 Å². The van der Waals surface area contributed by atoms with E-state index in [1.165, 1.54) is 5.56 Å². The minimum atomic E-state index is 0.00651. The predicted molar refractivity (Wildman–Crippen MR) is 115 cm³/mol. The quantitative estimate of drug-likeness (QED) is 0.827. The third kappa shape index (κ3) is 4.68. The van der Waals surface area contributed by atoms with E-state index in [-0.39, 0.29) is 12.0 Å². The molecule has 4 rings (SSSR count). The molecule has 3 fully saturated rings. The van der Waals surface area contributed by atoms with Crippen molar-refractivity contribution in [1.82, 2.24) is 14.7 Å². The van der Waals surface area contributed by atoms with Crippen LogP contribution in [0.15, 0.2) is 30.3 Å². The van der Waals surface area contributed by atoms with Crippen molar-refractivity contribution in [3.63, 3.8) is 0 Å². The minimum Gasteiger partial charge on any atom is -0.396 e. The number of likely N-dealkylation sites (N-methyl/N-ethyl adjacent to an activating group) is 1. The van der Waals surface area contributed by atoms with E-state index in [4.69, 9.17) is 0 Å². The van der Waals surface area contributed by atoms with E-state index in [1.54, 1.807) is 0 Å². The van der Waals surface area contributed by atoms with Gasteiger partial charge in [0.2, 0.25) is 5.91 Å². The molecule has 3 heterocycles. The van der Waals surface area contributed by atoms with Crippen LogP contribution < -0.4 is 0 Å². The third-order valence-electron chi connectivity index (χ3n) is 7.78. The van der Waals surface area contributed by atoms with Gasteiger partial charge in [-0.3, -0.25) is 9.69 Å². The number of nitrogens with zero attached hydrogens (tertiary/aromatic N) is 3.